The molecular weight excluding hydrogens is 576 g/mol. The van der Waals surface area contributed by atoms with Gasteiger partial charge in [-0.25, -0.2) is 0 Å². The van der Waals surface area contributed by atoms with Crippen molar-refractivity contribution < 1.29 is 54.7 Å². The van der Waals surface area contributed by atoms with Crippen molar-refractivity contribution in [2.45, 2.75) is 111 Å². The number of aliphatic imine (C=N–C) groups is 1. The molecule has 3 fully saturated rings. The first-order valence-corrected chi connectivity index (χ1v) is 14.2. The Kier molecular flexibility index (Phi) is 13.4. The van der Waals surface area contributed by atoms with Crippen LogP contribution in [0.5, 0.6) is 0 Å². The summed E-state index contributed by atoms with van der Waals surface area (Å²) in [6.45, 7) is -1.43. The van der Waals surface area contributed by atoms with Gasteiger partial charge >= 0.3 is 0 Å². The van der Waals surface area contributed by atoms with Crippen molar-refractivity contribution in [1.29, 1.82) is 5.41 Å². The standard InChI is InChI=1S/C24H48N8O11/c25-4-12(35)22(30)32-11-3-10(27)19(18(39)20(11)43-24-17(38)15(28)16(37)14(7-34)41-24)42-23-9(26)2-1-8(40-23)5-31-21(29)13(36)6-33/h8-20,23-24,33-39H,1-7,25-28H2,(H2,29,31)(H2,30,32)/t8-,9?,10-,11+,12?,13?,14?,15-,16?,17?,18?,19?,20?,23?,24+/m0/s1. The quantitative estimate of drug-likeness (QED) is 0.0707. The summed E-state index contributed by atoms with van der Waals surface area (Å²) in [7, 11) is 0. The zero-order valence-electron chi connectivity index (χ0n) is 23.7. The highest BCUT2D eigenvalue weighted by molar-refractivity contribution is 5.84. The minimum absolute atomic E-state index is 0.0260. The molecule has 250 valence electrons. The van der Waals surface area contributed by atoms with Crippen LogP contribution in [0.4, 0.5) is 0 Å². The minimum atomic E-state index is -1.57. The van der Waals surface area contributed by atoms with E-state index in [1.165, 1.54) is 0 Å². The Morgan fingerprint density at radius 1 is 0.930 bits per heavy atom. The van der Waals surface area contributed by atoms with E-state index in [0.717, 1.165) is 0 Å². The van der Waals surface area contributed by atoms with Crippen LogP contribution in [-0.4, -0.2) is 165 Å². The highest BCUT2D eigenvalue weighted by Gasteiger charge is 2.51. The lowest BCUT2D eigenvalue weighted by Crippen LogP contribution is -2.69. The predicted octanol–water partition coefficient (Wildman–Crippen LogP) is -7.59. The van der Waals surface area contributed by atoms with Gasteiger partial charge in [0.1, 0.15) is 60.5 Å². The number of nitrogens with zero attached hydrogens (tertiary/aromatic N) is 1. The molecule has 0 bridgehead atoms. The minimum Gasteiger partial charge on any atom is -0.394 e. The number of hydrogen-bond acceptors (Lipinski definition) is 17. The molecule has 2 saturated heterocycles. The van der Waals surface area contributed by atoms with Gasteiger partial charge < -0.3 is 88.7 Å². The molecule has 10 unspecified atom stereocenters. The Bertz CT molecular complexity index is 923. The Labute approximate surface area is 248 Å². The van der Waals surface area contributed by atoms with Crippen molar-refractivity contribution in [2.24, 2.45) is 33.7 Å². The number of nitrogens with two attached hydrogens (primary N) is 5. The van der Waals surface area contributed by atoms with E-state index < -0.39 is 105 Å². The molecule has 0 aromatic heterocycles. The van der Waals surface area contributed by atoms with E-state index in [0.29, 0.717) is 12.8 Å². The van der Waals surface area contributed by atoms with Crippen LogP contribution >= 0.6 is 0 Å². The summed E-state index contributed by atoms with van der Waals surface area (Å²) in [6.07, 6.45) is -12.9. The van der Waals surface area contributed by atoms with Crippen LogP contribution in [0.2, 0.25) is 0 Å². The molecule has 0 radical (unpaired) electrons. The first kappa shape index (κ1) is 35.8. The van der Waals surface area contributed by atoms with Crippen LogP contribution in [0.15, 0.2) is 4.99 Å². The number of nitrogens with one attached hydrogen (secondary N) is 2. The zero-order valence-corrected chi connectivity index (χ0v) is 23.7. The maximum absolute atomic E-state index is 11.5. The molecule has 1 aliphatic carbocycles. The Morgan fingerprint density at radius 2 is 1.60 bits per heavy atom. The van der Waals surface area contributed by atoms with Gasteiger partial charge in [-0.05, 0) is 19.3 Å². The summed E-state index contributed by atoms with van der Waals surface area (Å²) < 4.78 is 23.6. The van der Waals surface area contributed by atoms with Gasteiger partial charge in [0.15, 0.2) is 12.6 Å². The molecule has 3 aliphatic rings. The first-order valence-electron chi connectivity index (χ1n) is 14.2. The molecule has 19 N–H and O–H groups in total. The van der Waals surface area contributed by atoms with E-state index in [-0.39, 0.29) is 31.2 Å². The fraction of sp³-hybridized carbons (Fsp3) is 0.917. The van der Waals surface area contributed by atoms with E-state index in [1.807, 2.05) is 0 Å². The highest BCUT2D eigenvalue weighted by atomic mass is 16.7. The molecule has 19 nitrogen and oxygen atoms in total. The fourth-order valence-corrected chi connectivity index (χ4v) is 5.24. The Morgan fingerprint density at radius 3 is 2.23 bits per heavy atom. The molecule has 19 heteroatoms. The lowest BCUT2D eigenvalue weighted by molar-refractivity contribution is -0.313. The van der Waals surface area contributed by atoms with Crippen molar-refractivity contribution in [3.63, 3.8) is 0 Å². The molecule has 3 rings (SSSR count). The maximum atomic E-state index is 11.5. The zero-order chi connectivity index (χ0) is 32.0. The third-order valence-corrected chi connectivity index (χ3v) is 7.93. The molecule has 0 aromatic carbocycles. The monoisotopic (exact) mass is 624 g/mol. The second-order valence-electron chi connectivity index (χ2n) is 11.1. The molecule has 0 spiro atoms. The Hall–Kier alpha value is -1.66. The lowest BCUT2D eigenvalue weighted by Gasteiger charge is -2.48. The Balaban J connectivity index is 1.79. The van der Waals surface area contributed by atoms with Crippen LogP contribution < -0.4 is 34.0 Å². The van der Waals surface area contributed by atoms with Crippen LogP contribution in [0, 0.1) is 5.41 Å². The SMILES string of the molecule is N=C(N[C@@H]1C[C@H](N)C(OC2O[C@H](CN=C(N)C(O)CO)CCC2N)C(O)C1O[C@H]1OC(CO)C(O)[C@H](N)C1O)C(O)CN. The third kappa shape index (κ3) is 8.75. The van der Waals surface area contributed by atoms with Gasteiger partial charge in [-0.15, -0.1) is 0 Å². The average molecular weight is 625 g/mol. The van der Waals surface area contributed by atoms with E-state index >= 15 is 0 Å². The molecule has 2 aliphatic heterocycles. The van der Waals surface area contributed by atoms with Crippen molar-refractivity contribution in [3.8, 4) is 0 Å². The lowest BCUT2D eigenvalue weighted by atomic mass is 9.83. The van der Waals surface area contributed by atoms with Gasteiger partial charge in [0.05, 0.1) is 44.0 Å². The number of aliphatic hydroxyl groups excluding tert-OH is 7. The summed E-state index contributed by atoms with van der Waals surface area (Å²) in [4.78, 5) is 4.05. The van der Waals surface area contributed by atoms with Gasteiger partial charge in [-0.1, -0.05) is 0 Å². The molecule has 15 atom stereocenters. The maximum Gasteiger partial charge on any atom is 0.186 e. The molecule has 1 saturated carbocycles. The van der Waals surface area contributed by atoms with Crippen molar-refractivity contribution in [2.75, 3.05) is 26.3 Å². The van der Waals surface area contributed by atoms with Crippen LogP contribution in [0.1, 0.15) is 19.3 Å². The number of hydrogen-bond donors (Lipinski definition) is 14. The number of amidine groups is 2. The van der Waals surface area contributed by atoms with Gasteiger partial charge in [0.2, 0.25) is 0 Å². The highest BCUT2D eigenvalue weighted by Crippen LogP contribution is 2.31. The van der Waals surface area contributed by atoms with Gasteiger partial charge in [-0.2, -0.15) is 0 Å². The third-order valence-electron chi connectivity index (χ3n) is 7.93. The van der Waals surface area contributed by atoms with Crippen LogP contribution in [0.3, 0.4) is 0 Å². The average Bonchev–Trinajstić information content (AvgIpc) is 2.99. The summed E-state index contributed by atoms with van der Waals surface area (Å²) in [5.74, 6) is -0.522. The van der Waals surface area contributed by atoms with Crippen molar-refractivity contribution >= 4 is 11.7 Å². The fourth-order valence-electron chi connectivity index (χ4n) is 5.24. The van der Waals surface area contributed by atoms with Crippen LogP contribution in [-0.2, 0) is 18.9 Å². The van der Waals surface area contributed by atoms with Gasteiger partial charge in [0.25, 0.3) is 0 Å². The van der Waals surface area contributed by atoms with E-state index in [9.17, 15) is 30.6 Å². The van der Waals surface area contributed by atoms with E-state index in [4.69, 9.17) is 58.1 Å². The largest absolute Gasteiger partial charge is 0.394 e. The smallest absolute Gasteiger partial charge is 0.186 e. The second kappa shape index (κ2) is 16.1. The predicted molar refractivity (Wildman–Crippen MR) is 149 cm³/mol. The van der Waals surface area contributed by atoms with E-state index in [1.54, 1.807) is 0 Å². The van der Waals surface area contributed by atoms with Crippen LogP contribution in [0.25, 0.3) is 0 Å². The van der Waals surface area contributed by atoms with Crippen molar-refractivity contribution in [3.05, 3.63) is 0 Å². The summed E-state index contributed by atoms with van der Waals surface area (Å²) in [5, 5.41) is 81.6. The molecule has 2 heterocycles. The number of ether oxygens (including phenoxy) is 4. The topological polar surface area (TPSA) is 357 Å². The normalized spacial score (nSPS) is 42.3. The first-order chi connectivity index (χ1) is 20.3. The van der Waals surface area contributed by atoms with Gasteiger partial charge in [-0.3, -0.25) is 10.4 Å². The van der Waals surface area contributed by atoms with Crippen molar-refractivity contribution in [1.82, 2.24) is 5.32 Å². The summed E-state index contributed by atoms with van der Waals surface area (Å²) in [6, 6.07) is -3.66. The summed E-state index contributed by atoms with van der Waals surface area (Å²) in [5.41, 5.74) is 29.7. The second-order valence-corrected chi connectivity index (χ2v) is 11.1. The molecule has 0 amide bonds. The number of rotatable bonds is 12. The molecule has 0 aromatic rings. The molecular formula is C24H48N8O11. The molecule has 43 heavy (non-hydrogen) atoms. The van der Waals surface area contributed by atoms with Gasteiger partial charge in [0, 0.05) is 12.6 Å². The van der Waals surface area contributed by atoms with E-state index in [2.05, 4.69) is 10.3 Å². The summed E-state index contributed by atoms with van der Waals surface area (Å²) >= 11 is 0. The number of aliphatic hydroxyl groups is 7.